The first-order valence-corrected chi connectivity index (χ1v) is 13.4. The van der Waals surface area contributed by atoms with Gasteiger partial charge in [0, 0.05) is 39.4 Å². The number of carbonyl (C=O) groups is 1. The number of rotatable bonds is 10. The van der Waals surface area contributed by atoms with Gasteiger partial charge in [0.2, 0.25) is 5.76 Å². The number of nitrogens with one attached hydrogen (secondary N) is 1. The summed E-state index contributed by atoms with van der Waals surface area (Å²) in [5, 5.41) is 14.2. The Hall–Kier alpha value is -3.71. The molecule has 1 saturated heterocycles. The molecule has 1 amide bonds. The fraction of sp³-hybridized carbons (Fsp3) is 0.417. The molecule has 0 radical (unpaired) electrons. The summed E-state index contributed by atoms with van der Waals surface area (Å²) in [5.74, 6) is -0.166. The first-order chi connectivity index (χ1) is 17.8. The van der Waals surface area contributed by atoms with E-state index >= 15 is 0 Å². The van der Waals surface area contributed by atoms with Crippen molar-refractivity contribution in [3.63, 3.8) is 0 Å². The second-order valence-corrected chi connectivity index (χ2v) is 10.6. The number of methoxy groups -OCH3 is 1. The van der Waals surface area contributed by atoms with Crippen LogP contribution < -0.4 is 15.1 Å². The van der Waals surface area contributed by atoms with Crippen molar-refractivity contribution in [3.8, 4) is 5.75 Å². The number of benzene rings is 1. The molecule has 0 unspecified atom stereocenters. The molecule has 0 spiro atoms. The number of amides is 1. The number of likely N-dealkylation sites (N-methyl/N-ethyl adjacent to an activating group) is 1. The maximum absolute atomic E-state index is 12.3. The van der Waals surface area contributed by atoms with Gasteiger partial charge in [0.15, 0.2) is 11.6 Å². The summed E-state index contributed by atoms with van der Waals surface area (Å²) in [6.07, 6.45) is 7.96. The van der Waals surface area contributed by atoms with Crippen molar-refractivity contribution in [3.05, 3.63) is 48.1 Å². The number of sulfonamides is 1. The highest BCUT2D eigenvalue weighted by molar-refractivity contribution is 7.99. The Morgan fingerprint density at radius 3 is 2.54 bits per heavy atom. The van der Waals surface area contributed by atoms with Crippen LogP contribution in [0.25, 0.3) is 4.91 Å². The van der Waals surface area contributed by atoms with E-state index in [4.69, 9.17) is 4.74 Å². The second-order valence-electron chi connectivity index (χ2n) is 8.70. The van der Waals surface area contributed by atoms with Crippen molar-refractivity contribution in [2.24, 2.45) is 5.10 Å². The smallest absolute Gasteiger partial charge is 0.303 e. The number of carbonyl (C=O) groups excluding carboxylic acids is 1. The lowest BCUT2D eigenvalue weighted by atomic mass is 10.2. The van der Waals surface area contributed by atoms with E-state index in [0.717, 1.165) is 64.9 Å². The van der Waals surface area contributed by atoms with Gasteiger partial charge < -0.3 is 14.7 Å². The molecule has 2 aromatic rings. The summed E-state index contributed by atoms with van der Waals surface area (Å²) >= 11 is 0. The molecular weight excluding hydrogens is 498 g/mol. The molecule has 1 aromatic heterocycles. The number of nitrogens with zero attached hydrogens (tertiary/aromatic N) is 6. The lowest BCUT2D eigenvalue weighted by Crippen LogP contribution is -2.47. The van der Waals surface area contributed by atoms with Crippen molar-refractivity contribution in [1.82, 2.24) is 19.2 Å². The Morgan fingerprint density at radius 2 is 1.89 bits per heavy atom. The van der Waals surface area contributed by atoms with Crippen LogP contribution >= 0.6 is 0 Å². The molecule has 198 valence electrons. The zero-order chi connectivity index (χ0) is 26.4. The van der Waals surface area contributed by atoms with Gasteiger partial charge in [-0.25, -0.2) is 22.7 Å². The number of anilines is 2. The lowest BCUT2D eigenvalue weighted by molar-refractivity contribution is -0.123. The highest BCUT2D eigenvalue weighted by atomic mass is 32.2. The molecule has 2 N–H and O–H groups in total. The number of aliphatic hydroxyl groups is 1. The minimum absolute atomic E-state index is 0.238. The number of hydrazone groups is 1. The molecule has 2 aliphatic rings. The SMILES string of the molecule is COc1cncnc1N1CCN(CCCC/C=N/Nc2ccc(C3=C(O)C(=O)N(C)S3(=O)=O)cc2)CC1. The van der Waals surface area contributed by atoms with E-state index in [1.807, 2.05) is 6.21 Å². The van der Waals surface area contributed by atoms with Crippen LogP contribution in [0.1, 0.15) is 24.8 Å². The largest absolute Gasteiger partial charge is 0.502 e. The average Bonchev–Trinajstić information content (AvgIpc) is 3.07. The number of hydrogen-bond acceptors (Lipinski definition) is 11. The van der Waals surface area contributed by atoms with Crippen LogP contribution in [0.5, 0.6) is 5.75 Å². The molecule has 0 aliphatic carbocycles. The Morgan fingerprint density at radius 1 is 1.16 bits per heavy atom. The number of piperazine rings is 1. The molecular formula is C24H31N7O5S. The van der Waals surface area contributed by atoms with Crippen molar-refractivity contribution < 1.29 is 23.1 Å². The molecule has 13 heteroatoms. The van der Waals surface area contributed by atoms with E-state index in [-0.39, 0.29) is 10.5 Å². The van der Waals surface area contributed by atoms with Gasteiger partial charge in [-0.1, -0.05) is 12.1 Å². The molecule has 4 rings (SSSR count). The van der Waals surface area contributed by atoms with Crippen molar-refractivity contribution in [1.29, 1.82) is 0 Å². The lowest BCUT2D eigenvalue weighted by Gasteiger charge is -2.35. The van der Waals surface area contributed by atoms with Crippen LogP contribution in [0.2, 0.25) is 0 Å². The number of ether oxygens (including phenoxy) is 1. The molecule has 0 atom stereocenters. The summed E-state index contributed by atoms with van der Waals surface area (Å²) < 4.78 is 30.6. The van der Waals surface area contributed by atoms with Crippen LogP contribution in [0, 0.1) is 0 Å². The summed E-state index contributed by atoms with van der Waals surface area (Å²) in [4.78, 5) is 24.5. The van der Waals surface area contributed by atoms with Crippen molar-refractivity contribution in [2.75, 3.05) is 57.2 Å². The fourth-order valence-corrected chi connectivity index (χ4v) is 5.57. The van der Waals surface area contributed by atoms with Gasteiger partial charge in [-0.05, 0) is 43.5 Å². The van der Waals surface area contributed by atoms with Crippen molar-refractivity contribution in [2.45, 2.75) is 19.3 Å². The molecule has 3 heterocycles. The standard InChI is InChI=1S/C24H31N7O5S/c1-29-24(33)21(32)22(37(29,34)35)18-6-8-19(9-7-18)28-27-10-4-3-5-11-30-12-14-31(15-13-30)23-20(36-2)16-25-17-26-23/h6-10,16-17,28,32H,3-5,11-15H2,1-2H3/b27-10+. The quantitative estimate of drug-likeness (QED) is 0.266. The number of aromatic nitrogens is 2. The predicted octanol–water partition coefficient (Wildman–Crippen LogP) is 1.90. The van der Waals surface area contributed by atoms with Gasteiger partial charge in [-0.2, -0.15) is 5.10 Å². The highest BCUT2D eigenvalue weighted by Gasteiger charge is 2.42. The maximum Gasteiger partial charge on any atom is 0.303 e. The van der Waals surface area contributed by atoms with Crippen LogP contribution in [0.15, 0.2) is 47.7 Å². The number of aliphatic hydroxyl groups excluding tert-OH is 1. The van der Waals surface area contributed by atoms with E-state index in [2.05, 4.69) is 30.3 Å². The molecule has 0 saturated carbocycles. The van der Waals surface area contributed by atoms with Gasteiger partial charge in [-0.3, -0.25) is 15.1 Å². The van der Waals surface area contributed by atoms with Crippen LogP contribution in [0.3, 0.4) is 0 Å². The minimum Gasteiger partial charge on any atom is -0.502 e. The molecule has 1 fully saturated rings. The number of unbranched alkanes of at least 4 members (excludes halogenated alkanes) is 2. The van der Waals surface area contributed by atoms with Crippen LogP contribution in [0.4, 0.5) is 11.5 Å². The van der Waals surface area contributed by atoms with Gasteiger partial charge in [0.25, 0.3) is 10.0 Å². The Balaban J connectivity index is 1.15. The van der Waals surface area contributed by atoms with E-state index in [9.17, 15) is 18.3 Å². The molecule has 37 heavy (non-hydrogen) atoms. The summed E-state index contributed by atoms with van der Waals surface area (Å²) in [6, 6.07) is 6.33. The average molecular weight is 530 g/mol. The second kappa shape index (κ2) is 11.6. The molecule has 12 nitrogen and oxygen atoms in total. The van der Waals surface area contributed by atoms with Crippen LogP contribution in [-0.4, -0.2) is 91.7 Å². The van der Waals surface area contributed by atoms with E-state index in [1.54, 1.807) is 31.8 Å². The normalized spacial score (nSPS) is 18.2. The zero-order valence-corrected chi connectivity index (χ0v) is 21.7. The van der Waals surface area contributed by atoms with Gasteiger partial charge in [0.05, 0.1) is 19.0 Å². The van der Waals surface area contributed by atoms with E-state index in [1.165, 1.54) is 12.1 Å². The third kappa shape index (κ3) is 5.83. The predicted molar refractivity (Wildman–Crippen MR) is 141 cm³/mol. The van der Waals surface area contributed by atoms with Crippen LogP contribution in [-0.2, 0) is 14.8 Å². The first-order valence-electron chi connectivity index (χ1n) is 12.0. The maximum atomic E-state index is 12.3. The molecule has 0 bridgehead atoms. The van der Waals surface area contributed by atoms with Gasteiger partial charge in [-0.15, -0.1) is 0 Å². The zero-order valence-electron chi connectivity index (χ0n) is 20.9. The molecule has 1 aromatic carbocycles. The van der Waals surface area contributed by atoms with Gasteiger partial charge in [0.1, 0.15) is 11.2 Å². The van der Waals surface area contributed by atoms with Gasteiger partial charge >= 0.3 is 5.91 Å². The molecule has 2 aliphatic heterocycles. The number of hydrogen-bond donors (Lipinski definition) is 2. The summed E-state index contributed by atoms with van der Waals surface area (Å²) in [7, 11) is -1.29. The first kappa shape index (κ1) is 26.4. The Labute approximate surface area is 216 Å². The fourth-order valence-electron chi connectivity index (χ4n) is 4.23. The Bertz CT molecular complexity index is 1270. The Kier molecular flexibility index (Phi) is 8.24. The topological polar surface area (TPSA) is 141 Å². The van der Waals surface area contributed by atoms with E-state index in [0.29, 0.717) is 15.7 Å². The monoisotopic (exact) mass is 529 g/mol. The minimum atomic E-state index is -4.04. The van der Waals surface area contributed by atoms with Crippen molar-refractivity contribution >= 4 is 38.6 Å². The third-order valence-electron chi connectivity index (χ3n) is 6.36. The summed E-state index contributed by atoms with van der Waals surface area (Å²) in [6.45, 7) is 4.76. The summed E-state index contributed by atoms with van der Waals surface area (Å²) in [5.41, 5.74) is 3.81. The van der Waals surface area contributed by atoms with E-state index < -0.39 is 21.7 Å². The highest BCUT2D eigenvalue weighted by Crippen LogP contribution is 2.33. The third-order valence-corrected chi connectivity index (χ3v) is 8.19.